The Kier molecular flexibility index (Phi) is 3.55. The summed E-state index contributed by atoms with van der Waals surface area (Å²) < 4.78 is 5.97. The number of urea groups is 2. The predicted molar refractivity (Wildman–Crippen MR) is 82.0 cm³/mol. The zero-order chi connectivity index (χ0) is 15.8. The maximum atomic E-state index is 12.7. The predicted octanol–water partition coefficient (Wildman–Crippen LogP) is 1.60. The van der Waals surface area contributed by atoms with E-state index in [4.69, 9.17) is 4.74 Å². The van der Waals surface area contributed by atoms with Crippen molar-refractivity contribution in [2.75, 3.05) is 13.1 Å². The first-order valence-corrected chi connectivity index (χ1v) is 8.18. The van der Waals surface area contributed by atoms with Crippen LogP contribution in [0.4, 0.5) is 9.59 Å². The van der Waals surface area contributed by atoms with E-state index in [1.54, 1.807) is 6.20 Å². The number of pyridine rings is 1. The molecule has 4 amide bonds. The molecule has 2 unspecified atom stereocenters. The fraction of sp³-hybridized carbons (Fsp3) is 0.562. The molecule has 3 fully saturated rings. The van der Waals surface area contributed by atoms with Gasteiger partial charge < -0.3 is 15.0 Å². The number of amides is 4. The van der Waals surface area contributed by atoms with Gasteiger partial charge in [-0.05, 0) is 18.9 Å². The Balaban J connectivity index is 1.44. The third-order valence-corrected chi connectivity index (χ3v) is 4.92. The molecule has 1 aromatic rings. The first-order chi connectivity index (χ1) is 11.2. The molecule has 0 aliphatic carbocycles. The summed E-state index contributed by atoms with van der Waals surface area (Å²) in [7, 11) is 0. The summed E-state index contributed by atoms with van der Waals surface area (Å²) in [5.74, 6) is 0.635. The first-order valence-electron chi connectivity index (χ1n) is 8.18. The highest BCUT2D eigenvalue weighted by Crippen LogP contribution is 2.37. The van der Waals surface area contributed by atoms with Crippen LogP contribution in [0, 0.1) is 0 Å². The number of carbonyl (C=O) groups excluding carboxylic acids is 2. The second-order valence-electron chi connectivity index (χ2n) is 6.34. The van der Waals surface area contributed by atoms with Gasteiger partial charge in [-0.25, -0.2) is 19.5 Å². The van der Waals surface area contributed by atoms with E-state index < -0.39 is 0 Å². The number of ether oxygens (including phenoxy) is 1. The van der Waals surface area contributed by atoms with Gasteiger partial charge in [0.25, 0.3) is 0 Å². The van der Waals surface area contributed by atoms with Gasteiger partial charge in [-0.1, -0.05) is 6.07 Å². The monoisotopic (exact) mass is 316 g/mol. The minimum Gasteiger partial charge on any atom is -0.474 e. The minimum atomic E-state index is -0.277. The van der Waals surface area contributed by atoms with Crippen molar-refractivity contribution in [1.82, 2.24) is 20.1 Å². The summed E-state index contributed by atoms with van der Waals surface area (Å²) in [6, 6.07) is 5.51. The molecule has 4 rings (SSSR count). The summed E-state index contributed by atoms with van der Waals surface area (Å²) in [4.78, 5) is 31.8. The maximum absolute atomic E-state index is 12.7. The number of nitrogens with zero attached hydrogens (tertiary/aromatic N) is 3. The lowest BCUT2D eigenvalue weighted by molar-refractivity contribution is 0.0581. The van der Waals surface area contributed by atoms with E-state index in [2.05, 4.69) is 10.3 Å². The lowest BCUT2D eigenvalue weighted by Gasteiger charge is -2.39. The van der Waals surface area contributed by atoms with Crippen molar-refractivity contribution in [3.8, 4) is 5.88 Å². The van der Waals surface area contributed by atoms with Gasteiger partial charge in [-0.3, -0.25) is 0 Å². The molecule has 3 saturated heterocycles. The standard InChI is InChI=1S/C16H20N4O3/c21-15-18-7-8-19(15)16(22)20-11-4-5-12(20)10-13(9-11)23-14-3-1-2-6-17-14/h1-3,6,11-13H,4-5,7-10H2,(H,18,21). The fourth-order valence-electron chi connectivity index (χ4n) is 3.92. The highest BCUT2D eigenvalue weighted by molar-refractivity contribution is 5.95. The molecule has 1 N–H and O–H groups in total. The molecular formula is C16H20N4O3. The van der Waals surface area contributed by atoms with Crippen LogP contribution in [-0.4, -0.2) is 58.1 Å². The average Bonchev–Trinajstić information content (AvgIpc) is 3.09. The summed E-state index contributed by atoms with van der Waals surface area (Å²) in [5, 5.41) is 2.69. The zero-order valence-electron chi connectivity index (χ0n) is 12.9. The van der Waals surface area contributed by atoms with E-state index >= 15 is 0 Å². The number of aromatic nitrogens is 1. The van der Waals surface area contributed by atoms with Gasteiger partial charge in [-0.2, -0.15) is 0 Å². The second-order valence-corrected chi connectivity index (χ2v) is 6.34. The number of hydrogen-bond acceptors (Lipinski definition) is 4. The van der Waals surface area contributed by atoms with Crippen LogP contribution in [0.1, 0.15) is 25.7 Å². The van der Waals surface area contributed by atoms with Crippen LogP contribution in [0.3, 0.4) is 0 Å². The lowest BCUT2D eigenvalue weighted by atomic mass is 10.00. The number of piperidine rings is 1. The molecule has 23 heavy (non-hydrogen) atoms. The van der Waals surface area contributed by atoms with E-state index in [0.29, 0.717) is 19.0 Å². The number of imide groups is 1. The molecule has 7 heteroatoms. The fourth-order valence-corrected chi connectivity index (χ4v) is 3.92. The van der Waals surface area contributed by atoms with Crippen molar-refractivity contribution < 1.29 is 14.3 Å². The summed E-state index contributed by atoms with van der Waals surface area (Å²) >= 11 is 0. The molecule has 0 aromatic carbocycles. The Bertz CT molecular complexity index is 595. The Morgan fingerprint density at radius 1 is 1.26 bits per heavy atom. The SMILES string of the molecule is O=C1NCCN1C(=O)N1C2CCC1CC(Oc1ccccn1)C2. The largest absolute Gasteiger partial charge is 0.474 e. The molecule has 3 aliphatic rings. The van der Waals surface area contributed by atoms with Gasteiger partial charge in [0.15, 0.2) is 0 Å². The van der Waals surface area contributed by atoms with Crippen LogP contribution in [0.2, 0.25) is 0 Å². The van der Waals surface area contributed by atoms with E-state index in [1.165, 1.54) is 4.90 Å². The van der Waals surface area contributed by atoms with Gasteiger partial charge >= 0.3 is 12.1 Å². The smallest absolute Gasteiger partial charge is 0.328 e. The Morgan fingerprint density at radius 2 is 2.04 bits per heavy atom. The average molecular weight is 316 g/mol. The number of nitrogens with one attached hydrogen (secondary N) is 1. The molecule has 2 bridgehead atoms. The van der Waals surface area contributed by atoms with Crippen molar-refractivity contribution >= 4 is 12.1 Å². The van der Waals surface area contributed by atoms with Crippen LogP contribution < -0.4 is 10.1 Å². The van der Waals surface area contributed by atoms with E-state index in [-0.39, 0.29) is 30.2 Å². The third-order valence-electron chi connectivity index (χ3n) is 4.92. The zero-order valence-corrected chi connectivity index (χ0v) is 12.9. The lowest BCUT2D eigenvalue weighted by Crippen LogP contribution is -2.54. The van der Waals surface area contributed by atoms with Crippen LogP contribution in [0.5, 0.6) is 5.88 Å². The van der Waals surface area contributed by atoms with Crippen LogP contribution in [0.15, 0.2) is 24.4 Å². The molecule has 122 valence electrons. The van der Waals surface area contributed by atoms with E-state index in [0.717, 1.165) is 25.7 Å². The molecule has 0 radical (unpaired) electrons. The Morgan fingerprint density at radius 3 is 2.65 bits per heavy atom. The van der Waals surface area contributed by atoms with E-state index in [9.17, 15) is 9.59 Å². The molecule has 4 heterocycles. The summed E-state index contributed by atoms with van der Waals surface area (Å²) in [6.45, 7) is 1.00. The molecule has 0 spiro atoms. The van der Waals surface area contributed by atoms with Crippen LogP contribution >= 0.6 is 0 Å². The highest BCUT2D eigenvalue weighted by Gasteiger charge is 2.46. The minimum absolute atomic E-state index is 0.0823. The molecule has 1 aromatic heterocycles. The van der Waals surface area contributed by atoms with Crippen molar-refractivity contribution in [1.29, 1.82) is 0 Å². The van der Waals surface area contributed by atoms with Gasteiger partial charge in [-0.15, -0.1) is 0 Å². The first kappa shape index (κ1) is 14.3. The van der Waals surface area contributed by atoms with Crippen molar-refractivity contribution in [3.05, 3.63) is 24.4 Å². The van der Waals surface area contributed by atoms with Crippen LogP contribution in [-0.2, 0) is 0 Å². The molecule has 7 nitrogen and oxygen atoms in total. The van der Waals surface area contributed by atoms with Gasteiger partial charge in [0.2, 0.25) is 5.88 Å². The van der Waals surface area contributed by atoms with Crippen molar-refractivity contribution in [3.63, 3.8) is 0 Å². The molecular weight excluding hydrogens is 296 g/mol. The third kappa shape index (κ3) is 2.60. The Hall–Kier alpha value is -2.31. The van der Waals surface area contributed by atoms with Gasteiger partial charge in [0, 0.05) is 50.3 Å². The maximum Gasteiger partial charge on any atom is 0.328 e. The number of fused-ring (bicyclic) bond motifs is 2. The quantitative estimate of drug-likeness (QED) is 0.899. The normalized spacial score (nSPS) is 29.6. The second kappa shape index (κ2) is 5.72. The van der Waals surface area contributed by atoms with E-state index in [1.807, 2.05) is 23.1 Å². The molecule has 0 saturated carbocycles. The Labute approximate surface area is 134 Å². The number of hydrogen-bond donors (Lipinski definition) is 1. The summed E-state index contributed by atoms with van der Waals surface area (Å²) in [6.07, 6.45) is 5.36. The van der Waals surface area contributed by atoms with Crippen molar-refractivity contribution in [2.45, 2.75) is 43.9 Å². The molecule has 3 aliphatic heterocycles. The summed E-state index contributed by atoms with van der Waals surface area (Å²) in [5.41, 5.74) is 0. The van der Waals surface area contributed by atoms with Crippen LogP contribution in [0.25, 0.3) is 0 Å². The number of rotatable bonds is 2. The molecule has 2 atom stereocenters. The van der Waals surface area contributed by atoms with Gasteiger partial charge in [0.05, 0.1) is 0 Å². The number of carbonyl (C=O) groups is 2. The van der Waals surface area contributed by atoms with Crippen molar-refractivity contribution in [2.24, 2.45) is 0 Å². The topological polar surface area (TPSA) is 74.8 Å². The van der Waals surface area contributed by atoms with Gasteiger partial charge in [0.1, 0.15) is 6.10 Å². The highest BCUT2D eigenvalue weighted by atomic mass is 16.5.